The fourth-order valence-electron chi connectivity index (χ4n) is 5.08. The Morgan fingerprint density at radius 1 is 1.06 bits per heavy atom. The predicted octanol–water partition coefficient (Wildman–Crippen LogP) is 3.96. The first-order valence-corrected chi connectivity index (χ1v) is 12.0. The van der Waals surface area contributed by atoms with Crippen LogP contribution >= 0.6 is 0 Å². The SMILES string of the molecule is N#CCCCC(NC(=O)OCC1c2ccccc2-c2ccccc21)C(=O)N[C@H]1CC[C@@H](C(=O)O)C1. The number of alkyl carbamates (subject to hydrolysis) is 1. The van der Waals surface area contributed by atoms with Gasteiger partial charge in [-0.2, -0.15) is 5.26 Å². The van der Waals surface area contributed by atoms with E-state index in [1.807, 2.05) is 42.5 Å². The van der Waals surface area contributed by atoms with Gasteiger partial charge in [-0.3, -0.25) is 9.59 Å². The van der Waals surface area contributed by atoms with Crippen molar-refractivity contribution in [3.05, 3.63) is 59.7 Å². The summed E-state index contributed by atoms with van der Waals surface area (Å²) in [5.41, 5.74) is 4.45. The van der Waals surface area contributed by atoms with Gasteiger partial charge in [-0.1, -0.05) is 48.5 Å². The minimum atomic E-state index is -0.858. The molecular formula is C27H29N3O5. The summed E-state index contributed by atoms with van der Waals surface area (Å²) in [6.07, 6.45) is 1.77. The quantitative estimate of drug-likeness (QED) is 0.471. The zero-order valence-electron chi connectivity index (χ0n) is 19.4. The molecule has 3 N–H and O–H groups in total. The van der Waals surface area contributed by atoms with Gasteiger partial charge in [-0.15, -0.1) is 0 Å². The van der Waals surface area contributed by atoms with Crippen LogP contribution < -0.4 is 10.6 Å². The van der Waals surface area contributed by atoms with Crippen LogP contribution in [-0.2, 0) is 14.3 Å². The number of carbonyl (C=O) groups is 3. The molecule has 0 spiro atoms. The van der Waals surface area contributed by atoms with E-state index in [2.05, 4.69) is 22.8 Å². The van der Waals surface area contributed by atoms with Crippen LogP contribution in [0.4, 0.5) is 4.79 Å². The molecule has 0 bridgehead atoms. The Labute approximate surface area is 204 Å². The maximum Gasteiger partial charge on any atom is 0.407 e. The van der Waals surface area contributed by atoms with E-state index in [0.29, 0.717) is 32.1 Å². The van der Waals surface area contributed by atoms with Crippen molar-refractivity contribution in [2.45, 2.75) is 56.5 Å². The summed E-state index contributed by atoms with van der Waals surface area (Å²) < 4.78 is 5.57. The van der Waals surface area contributed by atoms with Crippen LogP contribution in [0.3, 0.4) is 0 Å². The molecule has 4 rings (SSSR count). The van der Waals surface area contributed by atoms with Gasteiger partial charge < -0.3 is 20.5 Å². The second-order valence-electron chi connectivity index (χ2n) is 9.13. The largest absolute Gasteiger partial charge is 0.481 e. The molecular weight excluding hydrogens is 446 g/mol. The van der Waals surface area contributed by atoms with Crippen LogP contribution in [0.5, 0.6) is 0 Å². The standard InChI is InChI=1S/C27H29N3O5/c28-14-6-5-11-24(25(31)29-18-13-12-17(15-18)26(32)33)30-27(34)35-16-23-21-9-3-1-7-19(21)20-8-2-4-10-22(20)23/h1-4,7-10,17-18,23-24H,5-6,11-13,15-16H2,(H,29,31)(H,30,34)(H,32,33)/t17-,18+,24?/m1/s1. The Balaban J connectivity index is 1.37. The number of hydrogen-bond acceptors (Lipinski definition) is 5. The highest BCUT2D eigenvalue weighted by Crippen LogP contribution is 2.44. The summed E-state index contributed by atoms with van der Waals surface area (Å²) in [5.74, 6) is -1.80. The van der Waals surface area contributed by atoms with Gasteiger partial charge in [0.1, 0.15) is 12.6 Å². The van der Waals surface area contributed by atoms with Gasteiger partial charge >= 0.3 is 12.1 Å². The molecule has 3 atom stereocenters. The van der Waals surface area contributed by atoms with E-state index in [0.717, 1.165) is 22.3 Å². The monoisotopic (exact) mass is 475 g/mol. The Morgan fingerprint density at radius 2 is 1.71 bits per heavy atom. The minimum Gasteiger partial charge on any atom is -0.481 e. The molecule has 8 heteroatoms. The molecule has 1 fully saturated rings. The number of carboxylic acid groups (broad SMARTS) is 1. The van der Waals surface area contributed by atoms with Crippen molar-refractivity contribution in [1.29, 1.82) is 5.26 Å². The van der Waals surface area contributed by atoms with E-state index >= 15 is 0 Å². The Bertz CT molecular complexity index is 1100. The predicted molar refractivity (Wildman–Crippen MR) is 128 cm³/mol. The number of nitriles is 1. The number of fused-ring (bicyclic) bond motifs is 3. The Kier molecular flexibility index (Phi) is 7.66. The van der Waals surface area contributed by atoms with Crippen molar-refractivity contribution >= 4 is 18.0 Å². The van der Waals surface area contributed by atoms with Crippen LogP contribution in [0, 0.1) is 17.2 Å². The summed E-state index contributed by atoms with van der Waals surface area (Å²) in [6.45, 7) is 0.134. The normalized spacial score (nSPS) is 19.2. The van der Waals surface area contributed by atoms with E-state index < -0.39 is 24.0 Å². The third-order valence-corrected chi connectivity index (χ3v) is 6.86. The smallest absolute Gasteiger partial charge is 0.407 e. The van der Waals surface area contributed by atoms with Crippen molar-refractivity contribution in [2.24, 2.45) is 5.92 Å². The van der Waals surface area contributed by atoms with Gasteiger partial charge in [0.15, 0.2) is 0 Å². The zero-order valence-corrected chi connectivity index (χ0v) is 19.4. The van der Waals surface area contributed by atoms with Crippen molar-refractivity contribution in [3.8, 4) is 17.2 Å². The molecule has 2 aliphatic carbocycles. The lowest BCUT2D eigenvalue weighted by Gasteiger charge is -2.21. The maximum absolute atomic E-state index is 12.9. The van der Waals surface area contributed by atoms with Crippen molar-refractivity contribution in [1.82, 2.24) is 10.6 Å². The number of ether oxygens (including phenoxy) is 1. The molecule has 2 aromatic carbocycles. The summed E-state index contributed by atoms with van der Waals surface area (Å²) in [4.78, 5) is 36.8. The molecule has 2 aliphatic rings. The molecule has 35 heavy (non-hydrogen) atoms. The van der Waals surface area contributed by atoms with Gasteiger partial charge in [0.2, 0.25) is 5.91 Å². The van der Waals surface area contributed by atoms with Crippen LogP contribution in [0.2, 0.25) is 0 Å². The molecule has 2 amide bonds. The summed E-state index contributed by atoms with van der Waals surface area (Å²) in [6, 6.07) is 17.0. The number of carboxylic acids is 1. The fraction of sp³-hybridized carbons (Fsp3) is 0.407. The summed E-state index contributed by atoms with van der Waals surface area (Å²) in [5, 5.41) is 23.6. The number of aliphatic carboxylic acids is 1. The topological polar surface area (TPSA) is 129 Å². The molecule has 8 nitrogen and oxygen atoms in total. The van der Waals surface area contributed by atoms with E-state index in [9.17, 15) is 19.5 Å². The van der Waals surface area contributed by atoms with Gasteiger partial charge in [-0.05, 0) is 54.4 Å². The Morgan fingerprint density at radius 3 is 2.31 bits per heavy atom. The number of carbonyl (C=O) groups excluding carboxylic acids is 2. The first-order valence-electron chi connectivity index (χ1n) is 12.0. The number of nitrogens with one attached hydrogen (secondary N) is 2. The van der Waals surface area contributed by atoms with Gasteiger partial charge in [0.05, 0.1) is 12.0 Å². The molecule has 1 unspecified atom stereocenters. The van der Waals surface area contributed by atoms with Gasteiger partial charge in [0.25, 0.3) is 0 Å². The highest BCUT2D eigenvalue weighted by molar-refractivity contribution is 5.86. The molecule has 2 aromatic rings. The molecule has 0 aromatic heterocycles. The minimum absolute atomic E-state index is 0.0922. The molecule has 0 radical (unpaired) electrons. The van der Waals surface area contributed by atoms with Crippen LogP contribution in [-0.4, -0.2) is 41.8 Å². The fourth-order valence-corrected chi connectivity index (χ4v) is 5.08. The lowest BCUT2D eigenvalue weighted by atomic mass is 9.98. The van der Waals surface area contributed by atoms with E-state index in [1.54, 1.807) is 0 Å². The highest BCUT2D eigenvalue weighted by atomic mass is 16.5. The number of unbranched alkanes of at least 4 members (excludes halogenated alkanes) is 1. The molecule has 0 aliphatic heterocycles. The second kappa shape index (κ2) is 11.0. The molecule has 182 valence electrons. The van der Waals surface area contributed by atoms with Crippen molar-refractivity contribution < 1.29 is 24.2 Å². The average Bonchev–Trinajstić information content (AvgIpc) is 3.45. The average molecular weight is 476 g/mol. The van der Waals surface area contributed by atoms with Crippen molar-refractivity contribution in [2.75, 3.05) is 6.61 Å². The molecule has 0 heterocycles. The molecule has 0 saturated heterocycles. The number of amides is 2. The second-order valence-corrected chi connectivity index (χ2v) is 9.13. The van der Waals surface area contributed by atoms with Crippen LogP contribution in [0.25, 0.3) is 11.1 Å². The third-order valence-electron chi connectivity index (χ3n) is 6.86. The van der Waals surface area contributed by atoms with Crippen molar-refractivity contribution in [3.63, 3.8) is 0 Å². The number of nitrogens with zero attached hydrogens (tertiary/aromatic N) is 1. The first kappa shape index (κ1) is 24.3. The Hall–Kier alpha value is -3.86. The third kappa shape index (κ3) is 5.62. The first-order chi connectivity index (χ1) is 17.0. The lowest BCUT2D eigenvalue weighted by Crippen LogP contribution is -2.49. The zero-order chi connectivity index (χ0) is 24.8. The van der Waals surface area contributed by atoms with E-state index in [4.69, 9.17) is 10.00 Å². The molecule has 1 saturated carbocycles. The lowest BCUT2D eigenvalue weighted by molar-refractivity contribution is -0.141. The summed E-state index contributed by atoms with van der Waals surface area (Å²) >= 11 is 0. The van der Waals surface area contributed by atoms with Gasteiger partial charge in [-0.25, -0.2) is 4.79 Å². The maximum atomic E-state index is 12.9. The van der Waals surface area contributed by atoms with Crippen LogP contribution in [0.15, 0.2) is 48.5 Å². The van der Waals surface area contributed by atoms with E-state index in [1.165, 1.54) is 0 Å². The number of benzene rings is 2. The van der Waals surface area contributed by atoms with E-state index in [-0.39, 0.29) is 30.9 Å². The summed E-state index contributed by atoms with van der Waals surface area (Å²) in [7, 11) is 0. The highest BCUT2D eigenvalue weighted by Gasteiger charge is 2.33. The van der Waals surface area contributed by atoms with Crippen LogP contribution in [0.1, 0.15) is 55.6 Å². The van der Waals surface area contributed by atoms with Gasteiger partial charge in [0, 0.05) is 18.4 Å². The number of hydrogen-bond donors (Lipinski definition) is 3. The number of rotatable bonds is 9.